The Balaban J connectivity index is 1.88. The van der Waals surface area contributed by atoms with Gasteiger partial charge >= 0.3 is 0 Å². The lowest BCUT2D eigenvalue weighted by Gasteiger charge is -2.36. The first kappa shape index (κ1) is 15.0. The summed E-state index contributed by atoms with van der Waals surface area (Å²) in [6.45, 7) is 3.99. The van der Waals surface area contributed by atoms with E-state index in [-0.39, 0.29) is 5.91 Å². The van der Waals surface area contributed by atoms with Gasteiger partial charge in [0.2, 0.25) is 5.91 Å². The molecule has 4 N–H and O–H groups in total. The molecule has 1 fully saturated rings. The first-order chi connectivity index (χ1) is 9.48. The average molecular weight is 277 g/mol. The molecule has 0 saturated carbocycles. The maximum atomic E-state index is 12.0. The number of hydrogen-bond acceptors (Lipinski definition) is 4. The van der Waals surface area contributed by atoms with Crippen molar-refractivity contribution in [1.29, 1.82) is 0 Å². The summed E-state index contributed by atoms with van der Waals surface area (Å²) < 4.78 is 0. The molecular formula is C15H23N3O2. The van der Waals surface area contributed by atoms with Gasteiger partial charge in [-0.15, -0.1) is 0 Å². The number of carbonyl (C=O) groups is 1. The van der Waals surface area contributed by atoms with Gasteiger partial charge in [0, 0.05) is 18.8 Å². The highest BCUT2D eigenvalue weighted by Gasteiger charge is 2.29. The van der Waals surface area contributed by atoms with Gasteiger partial charge in [0.1, 0.15) is 0 Å². The normalized spacial score (nSPS) is 23.6. The van der Waals surface area contributed by atoms with Crippen LogP contribution in [0.25, 0.3) is 0 Å². The van der Waals surface area contributed by atoms with Gasteiger partial charge in [-0.2, -0.15) is 0 Å². The second-order valence-electron chi connectivity index (χ2n) is 5.76. The fourth-order valence-corrected chi connectivity index (χ4v) is 2.64. The standard InChI is InChI=1S/C15H23N3O2/c1-15(20)6-3-7-18(11-15)10-14(19)17-13-5-2-4-12(8-13)9-16/h2,4-5,8,20H,3,6-7,9-11,16H2,1H3,(H,17,19). The second kappa shape index (κ2) is 6.35. The van der Waals surface area contributed by atoms with Crippen LogP contribution in [0.3, 0.4) is 0 Å². The number of nitrogens with two attached hydrogens (primary N) is 1. The van der Waals surface area contributed by atoms with Crippen LogP contribution in [-0.4, -0.2) is 41.1 Å². The van der Waals surface area contributed by atoms with E-state index in [4.69, 9.17) is 5.73 Å². The minimum Gasteiger partial charge on any atom is -0.389 e. The second-order valence-corrected chi connectivity index (χ2v) is 5.76. The third kappa shape index (κ3) is 4.30. The van der Waals surface area contributed by atoms with E-state index in [1.807, 2.05) is 36.1 Å². The molecule has 1 aromatic carbocycles. The number of nitrogens with one attached hydrogen (secondary N) is 1. The van der Waals surface area contributed by atoms with Crippen molar-refractivity contribution in [2.75, 3.05) is 25.0 Å². The Morgan fingerprint density at radius 2 is 2.35 bits per heavy atom. The molecule has 0 bridgehead atoms. The molecule has 1 unspecified atom stereocenters. The summed E-state index contributed by atoms with van der Waals surface area (Å²) in [4.78, 5) is 14.0. The Morgan fingerprint density at radius 3 is 3.05 bits per heavy atom. The van der Waals surface area contributed by atoms with E-state index in [2.05, 4.69) is 5.32 Å². The molecule has 2 rings (SSSR count). The zero-order valence-corrected chi connectivity index (χ0v) is 11.9. The number of benzene rings is 1. The van der Waals surface area contributed by atoms with Gasteiger partial charge < -0.3 is 16.2 Å². The van der Waals surface area contributed by atoms with Crippen molar-refractivity contribution in [3.05, 3.63) is 29.8 Å². The topological polar surface area (TPSA) is 78.6 Å². The molecular weight excluding hydrogens is 254 g/mol. The maximum absolute atomic E-state index is 12.0. The molecule has 20 heavy (non-hydrogen) atoms. The van der Waals surface area contributed by atoms with Crippen LogP contribution in [0, 0.1) is 0 Å². The SMILES string of the molecule is CC1(O)CCCN(CC(=O)Nc2cccc(CN)c2)C1. The van der Waals surface area contributed by atoms with Crippen LogP contribution in [0.15, 0.2) is 24.3 Å². The molecule has 1 aliphatic heterocycles. The van der Waals surface area contributed by atoms with E-state index >= 15 is 0 Å². The zero-order valence-electron chi connectivity index (χ0n) is 11.9. The highest BCUT2D eigenvalue weighted by atomic mass is 16.3. The van der Waals surface area contributed by atoms with E-state index in [0.29, 0.717) is 19.6 Å². The minimum absolute atomic E-state index is 0.0585. The molecule has 1 amide bonds. The van der Waals surface area contributed by atoms with Crippen LogP contribution >= 0.6 is 0 Å². The first-order valence-corrected chi connectivity index (χ1v) is 7.02. The summed E-state index contributed by atoms with van der Waals surface area (Å²) in [6.07, 6.45) is 1.71. The monoisotopic (exact) mass is 277 g/mol. The van der Waals surface area contributed by atoms with Crippen molar-refractivity contribution < 1.29 is 9.90 Å². The minimum atomic E-state index is -0.683. The third-order valence-corrected chi connectivity index (χ3v) is 3.57. The summed E-state index contributed by atoms with van der Waals surface area (Å²) in [6, 6.07) is 7.54. The van der Waals surface area contributed by atoms with Crippen LogP contribution in [0.1, 0.15) is 25.3 Å². The lowest BCUT2D eigenvalue weighted by atomic mass is 9.95. The average Bonchev–Trinajstić information content (AvgIpc) is 2.37. The predicted molar refractivity (Wildman–Crippen MR) is 79.3 cm³/mol. The van der Waals surface area contributed by atoms with Gasteiger partial charge in [-0.1, -0.05) is 12.1 Å². The van der Waals surface area contributed by atoms with Crippen molar-refractivity contribution in [3.63, 3.8) is 0 Å². The largest absolute Gasteiger partial charge is 0.389 e. The molecule has 1 atom stereocenters. The number of hydrogen-bond donors (Lipinski definition) is 3. The number of piperidine rings is 1. The van der Waals surface area contributed by atoms with Crippen molar-refractivity contribution >= 4 is 11.6 Å². The molecule has 5 nitrogen and oxygen atoms in total. The number of carbonyl (C=O) groups excluding carboxylic acids is 1. The molecule has 1 saturated heterocycles. The summed E-state index contributed by atoms with van der Waals surface area (Å²) in [5.41, 5.74) is 6.65. The van der Waals surface area contributed by atoms with Crippen LogP contribution in [-0.2, 0) is 11.3 Å². The third-order valence-electron chi connectivity index (χ3n) is 3.57. The number of amides is 1. The molecule has 1 aliphatic rings. The van der Waals surface area contributed by atoms with Gasteiger partial charge in [-0.05, 0) is 44.0 Å². The smallest absolute Gasteiger partial charge is 0.238 e. The van der Waals surface area contributed by atoms with Crippen molar-refractivity contribution in [1.82, 2.24) is 4.90 Å². The van der Waals surface area contributed by atoms with Gasteiger partial charge in [0.05, 0.1) is 12.1 Å². The van der Waals surface area contributed by atoms with Crippen molar-refractivity contribution in [3.8, 4) is 0 Å². The summed E-state index contributed by atoms with van der Waals surface area (Å²) in [5, 5.41) is 12.9. The van der Waals surface area contributed by atoms with E-state index in [1.165, 1.54) is 0 Å². The number of β-amino-alcohol motifs (C(OH)–C–C–N with tert-alkyl or cyclic N) is 1. The van der Waals surface area contributed by atoms with Gasteiger partial charge in [-0.25, -0.2) is 0 Å². The van der Waals surface area contributed by atoms with Crippen molar-refractivity contribution in [2.24, 2.45) is 5.73 Å². The quantitative estimate of drug-likeness (QED) is 0.765. The maximum Gasteiger partial charge on any atom is 0.238 e. The fraction of sp³-hybridized carbons (Fsp3) is 0.533. The lowest BCUT2D eigenvalue weighted by molar-refractivity contribution is -0.118. The molecule has 1 aromatic rings. The number of rotatable bonds is 4. The molecule has 0 aliphatic carbocycles. The van der Waals surface area contributed by atoms with Gasteiger partial charge in [0.15, 0.2) is 0 Å². The Hall–Kier alpha value is -1.43. The van der Waals surface area contributed by atoms with E-state index in [9.17, 15) is 9.90 Å². The molecule has 5 heteroatoms. The molecule has 1 heterocycles. The lowest BCUT2D eigenvalue weighted by Crippen LogP contribution is -2.48. The van der Waals surface area contributed by atoms with Crippen LogP contribution in [0.4, 0.5) is 5.69 Å². The molecule has 0 radical (unpaired) electrons. The predicted octanol–water partition coefficient (Wildman–Crippen LogP) is 0.931. The molecule has 0 aromatic heterocycles. The number of anilines is 1. The van der Waals surface area contributed by atoms with Crippen LogP contribution in [0.2, 0.25) is 0 Å². The molecule has 0 spiro atoms. The number of likely N-dealkylation sites (tertiary alicyclic amines) is 1. The highest BCUT2D eigenvalue weighted by Crippen LogP contribution is 2.20. The summed E-state index contributed by atoms with van der Waals surface area (Å²) in [5.74, 6) is -0.0585. The molecule has 110 valence electrons. The summed E-state index contributed by atoms with van der Waals surface area (Å²) >= 11 is 0. The fourth-order valence-electron chi connectivity index (χ4n) is 2.64. The van der Waals surface area contributed by atoms with Crippen LogP contribution < -0.4 is 11.1 Å². The Kier molecular flexibility index (Phi) is 4.75. The Morgan fingerprint density at radius 1 is 1.55 bits per heavy atom. The van der Waals surface area contributed by atoms with E-state index in [1.54, 1.807) is 0 Å². The van der Waals surface area contributed by atoms with Gasteiger partial charge in [0.25, 0.3) is 0 Å². The Bertz CT molecular complexity index is 474. The highest BCUT2D eigenvalue weighted by molar-refractivity contribution is 5.92. The zero-order chi connectivity index (χ0) is 14.6. The Labute approximate surface area is 119 Å². The van der Waals surface area contributed by atoms with Crippen LogP contribution in [0.5, 0.6) is 0 Å². The number of nitrogens with zero attached hydrogens (tertiary/aromatic N) is 1. The summed E-state index contributed by atoms with van der Waals surface area (Å²) in [7, 11) is 0. The first-order valence-electron chi connectivity index (χ1n) is 7.02. The number of aliphatic hydroxyl groups is 1. The van der Waals surface area contributed by atoms with E-state index in [0.717, 1.165) is 30.6 Å². The van der Waals surface area contributed by atoms with E-state index < -0.39 is 5.60 Å². The van der Waals surface area contributed by atoms with Crippen molar-refractivity contribution in [2.45, 2.75) is 31.9 Å². The van der Waals surface area contributed by atoms with Gasteiger partial charge in [-0.3, -0.25) is 9.69 Å².